The lowest BCUT2D eigenvalue weighted by atomic mass is 10.0. The molecule has 122 valence electrons. The maximum absolute atomic E-state index is 11.3. The predicted molar refractivity (Wildman–Crippen MR) is 89.6 cm³/mol. The molecular weight excluding hydrogens is 292 g/mol. The van der Waals surface area contributed by atoms with E-state index in [1.807, 2.05) is 7.05 Å². The summed E-state index contributed by atoms with van der Waals surface area (Å²) in [7, 11) is 1.81. The second kappa shape index (κ2) is 6.02. The molecule has 6 heteroatoms. The fourth-order valence-corrected chi connectivity index (χ4v) is 2.84. The van der Waals surface area contributed by atoms with Crippen LogP contribution in [0.25, 0.3) is 0 Å². The Hall–Kier alpha value is -2.37. The summed E-state index contributed by atoms with van der Waals surface area (Å²) in [4.78, 5) is 16.9. The Morgan fingerprint density at radius 2 is 2.00 bits per heavy atom. The summed E-state index contributed by atoms with van der Waals surface area (Å²) in [5, 5.41) is 11.3. The molecule has 1 aliphatic carbocycles. The minimum atomic E-state index is -0.396. The van der Waals surface area contributed by atoms with Crippen molar-refractivity contribution in [1.29, 1.82) is 0 Å². The number of benzene rings is 1. The molecule has 0 N–H and O–H groups in total. The van der Waals surface area contributed by atoms with Gasteiger partial charge in [0.15, 0.2) is 0 Å². The molecule has 3 rings (SSSR count). The van der Waals surface area contributed by atoms with Gasteiger partial charge in [-0.05, 0) is 39.8 Å². The summed E-state index contributed by atoms with van der Waals surface area (Å²) < 4.78 is 1.75. The van der Waals surface area contributed by atoms with Crippen molar-refractivity contribution in [3.63, 3.8) is 0 Å². The van der Waals surface area contributed by atoms with Crippen molar-refractivity contribution in [2.24, 2.45) is 7.05 Å². The third kappa shape index (κ3) is 3.21. The minimum absolute atomic E-state index is 0.0572. The molecule has 1 aromatic carbocycles. The van der Waals surface area contributed by atoms with Gasteiger partial charge in [0.1, 0.15) is 0 Å². The molecule has 0 spiro atoms. The second-order valence-electron chi connectivity index (χ2n) is 6.52. The zero-order chi connectivity index (χ0) is 16.6. The van der Waals surface area contributed by atoms with Gasteiger partial charge < -0.3 is 15.0 Å². The third-order valence-electron chi connectivity index (χ3n) is 4.32. The Morgan fingerprint density at radius 1 is 1.35 bits per heavy atom. The molecule has 0 aliphatic heterocycles. The van der Waals surface area contributed by atoms with E-state index in [-0.39, 0.29) is 5.82 Å². The maximum atomic E-state index is 11.3. The van der Waals surface area contributed by atoms with Crippen molar-refractivity contribution in [2.45, 2.75) is 45.2 Å². The molecule has 1 aromatic heterocycles. The average Bonchev–Trinajstić information content (AvgIpc) is 3.28. The van der Waals surface area contributed by atoms with Crippen molar-refractivity contribution >= 4 is 11.6 Å². The van der Waals surface area contributed by atoms with Crippen LogP contribution in [0.3, 0.4) is 0 Å². The van der Waals surface area contributed by atoms with Crippen LogP contribution in [0.4, 0.5) is 11.6 Å². The van der Waals surface area contributed by atoms with E-state index >= 15 is 0 Å². The quantitative estimate of drug-likeness (QED) is 0.603. The number of hydrogen-bond donors (Lipinski definition) is 0. The topological polar surface area (TPSA) is 64.2 Å². The molecule has 0 unspecified atom stereocenters. The lowest BCUT2D eigenvalue weighted by molar-refractivity contribution is -0.388. The number of nitro groups is 1. The van der Waals surface area contributed by atoms with E-state index in [9.17, 15) is 10.1 Å². The number of aryl methyl sites for hydroxylation is 1. The Balaban J connectivity index is 1.88. The van der Waals surface area contributed by atoms with Gasteiger partial charge in [-0.25, -0.2) is 0 Å². The highest BCUT2D eigenvalue weighted by molar-refractivity contribution is 5.56. The van der Waals surface area contributed by atoms with E-state index in [4.69, 9.17) is 0 Å². The summed E-state index contributed by atoms with van der Waals surface area (Å²) >= 11 is 0. The molecular formula is C17H22N4O2. The molecule has 23 heavy (non-hydrogen) atoms. The molecule has 0 bridgehead atoms. The fourth-order valence-electron chi connectivity index (χ4n) is 2.84. The van der Waals surface area contributed by atoms with Crippen molar-refractivity contribution < 1.29 is 4.92 Å². The molecule has 0 radical (unpaired) electrons. The van der Waals surface area contributed by atoms with Gasteiger partial charge in [-0.2, -0.15) is 0 Å². The first-order valence-corrected chi connectivity index (χ1v) is 7.98. The number of hydrogen-bond acceptors (Lipinski definition) is 4. The van der Waals surface area contributed by atoms with Crippen molar-refractivity contribution in [1.82, 2.24) is 9.55 Å². The fraction of sp³-hybridized carbons (Fsp3) is 0.471. The molecule has 2 aromatic rings. The van der Waals surface area contributed by atoms with Gasteiger partial charge in [0, 0.05) is 19.6 Å². The monoisotopic (exact) mass is 314 g/mol. The third-order valence-corrected chi connectivity index (χ3v) is 4.32. The summed E-state index contributed by atoms with van der Waals surface area (Å²) in [6.45, 7) is 5.01. The normalized spacial score (nSPS) is 14.3. The first kappa shape index (κ1) is 15.5. The molecule has 0 saturated heterocycles. The Bertz CT molecular complexity index is 702. The Kier molecular flexibility index (Phi) is 4.07. The molecule has 1 aliphatic rings. The maximum Gasteiger partial charge on any atom is 0.406 e. The first-order chi connectivity index (χ1) is 11.0. The summed E-state index contributed by atoms with van der Waals surface area (Å²) in [5.74, 6) is 1.05. The SMILES string of the molecule is CC(C)c1ccc(CN(c2c([N+](=O)[O-])ncn2C)C2CC2)cc1. The van der Waals surface area contributed by atoms with Crippen LogP contribution in [-0.2, 0) is 13.6 Å². The molecule has 1 heterocycles. The average molecular weight is 314 g/mol. The highest BCUT2D eigenvalue weighted by Gasteiger charge is 2.36. The van der Waals surface area contributed by atoms with Gasteiger partial charge in [-0.1, -0.05) is 38.1 Å². The van der Waals surface area contributed by atoms with Crippen LogP contribution in [0.5, 0.6) is 0 Å². The summed E-state index contributed by atoms with van der Waals surface area (Å²) in [6.07, 6.45) is 3.67. The van der Waals surface area contributed by atoms with E-state index in [0.29, 0.717) is 24.3 Å². The van der Waals surface area contributed by atoms with Crippen molar-refractivity contribution in [2.75, 3.05) is 4.90 Å². The van der Waals surface area contributed by atoms with E-state index < -0.39 is 4.92 Å². The highest BCUT2D eigenvalue weighted by atomic mass is 16.6. The van der Waals surface area contributed by atoms with Crippen LogP contribution in [0.15, 0.2) is 30.6 Å². The number of rotatable bonds is 6. The first-order valence-electron chi connectivity index (χ1n) is 7.98. The standard InChI is InChI=1S/C17H22N4O2/c1-12(2)14-6-4-13(5-7-14)10-20(15-8-9-15)17-16(21(22)23)18-11-19(17)3/h4-7,11-12,15H,8-10H2,1-3H3. The summed E-state index contributed by atoms with van der Waals surface area (Å²) in [6, 6.07) is 8.89. The van der Waals surface area contributed by atoms with Crippen LogP contribution in [0.1, 0.15) is 43.7 Å². The zero-order valence-corrected chi connectivity index (χ0v) is 13.8. The molecule has 6 nitrogen and oxygen atoms in total. The van der Waals surface area contributed by atoms with Gasteiger partial charge in [-0.15, -0.1) is 0 Å². The number of aromatic nitrogens is 2. The lowest BCUT2D eigenvalue weighted by Crippen LogP contribution is -2.27. The summed E-state index contributed by atoms with van der Waals surface area (Å²) in [5.41, 5.74) is 2.47. The van der Waals surface area contributed by atoms with Gasteiger partial charge in [0.2, 0.25) is 12.1 Å². The van der Waals surface area contributed by atoms with Crippen molar-refractivity contribution in [3.05, 3.63) is 51.8 Å². The van der Waals surface area contributed by atoms with Crippen LogP contribution < -0.4 is 4.90 Å². The van der Waals surface area contributed by atoms with Crippen LogP contribution in [0.2, 0.25) is 0 Å². The van der Waals surface area contributed by atoms with E-state index in [2.05, 4.69) is 48.0 Å². The van der Waals surface area contributed by atoms with Crippen LogP contribution in [0, 0.1) is 10.1 Å². The van der Waals surface area contributed by atoms with Gasteiger partial charge in [0.05, 0.1) is 0 Å². The van der Waals surface area contributed by atoms with Crippen LogP contribution in [-0.4, -0.2) is 20.5 Å². The smallest absolute Gasteiger partial charge is 0.358 e. The Labute approximate surface area is 135 Å². The highest BCUT2D eigenvalue weighted by Crippen LogP contribution is 2.37. The number of anilines is 1. The van der Waals surface area contributed by atoms with Gasteiger partial charge in [0.25, 0.3) is 0 Å². The molecule has 1 saturated carbocycles. The van der Waals surface area contributed by atoms with Crippen molar-refractivity contribution in [3.8, 4) is 0 Å². The minimum Gasteiger partial charge on any atom is -0.358 e. The lowest BCUT2D eigenvalue weighted by Gasteiger charge is -2.24. The zero-order valence-electron chi connectivity index (χ0n) is 13.8. The molecule has 1 fully saturated rings. The Morgan fingerprint density at radius 3 is 2.52 bits per heavy atom. The molecule has 0 atom stereocenters. The molecule has 0 amide bonds. The van der Waals surface area contributed by atoms with E-state index in [1.165, 1.54) is 11.9 Å². The van der Waals surface area contributed by atoms with E-state index in [1.54, 1.807) is 4.57 Å². The predicted octanol–water partition coefficient (Wildman–Crippen LogP) is 3.62. The van der Waals surface area contributed by atoms with Crippen LogP contribution >= 0.6 is 0 Å². The number of nitrogens with zero attached hydrogens (tertiary/aromatic N) is 4. The van der Waals surface area contributed by atoms with E-state index in [0.717, 1.165) is 18.4 Å². The largest absolute Gasteiger partial charge is 0.406 e. The van der Waals surface area contributed by atoms with Gasteiger partial charge >= 0.3 is 5.82 Å². The second-order valence-corrected chi connectivity index (χ2v) is 6.52. The van der Waals surface area contributed by atoms with Gasteiger partial charge in [-0.3, -0.25) is 4.57 Å². The number of imidazole rings is 1.